The number of hydrogen-bond acceptors (Lipinski definition) is 7. The van der Waals surface area contributed by atoms with Gasteiger partial charge in [-0.3, -0.25) is 9.69 Å². The van der Waals surface area contributed by atoms with E-state index in [2.05, 4.69) is 10.3 Å². The number of amides is 2. The third-order valence-electron chi connectivity index (χ3n) is 5.44. The molecule has 9 nitrogen and oxygen atoms in total. The van der Waals surface area contributed by atoms with Crippen molar-refractivity contribution in [2.45, 2.75) is 13.0 Å². The summed E-state index contributed by atoms with van der Waals surface area (Å²) in [7, 11) is -2.98. The second-order valence-electron chi connectivity index (χ2n) is 7.76. The van der Waals surface area contributed by atoms with Crippen LogP contribution >= 0.6 is 0 Å². The number of nitrogens with one attached hydrogen (secondary N) is 1. The number of pyridine rings is 1. The smallest absolute Gasteiger partial charge is 0.414 e. The minimum Gasteiger partial charge on any atom is -0.442 e. The number of hydrogen-bond donors (Lipinski definition) is 1. The van der Waals surface area contributed by atoms with Crippen LogP contribution in [0.25, 0.3) is 11.1 Å². The lowest BCUT2D eigenvalue weighted by Crippen LogP contribution is -2.40. The molecule has 0 unspecified atom stereocenters. The number of sulfone groups is 1. The molecule has 3 heterocycles. The molecular formula is C21H23FN4O5S. The van der Waals surface area contributed by atoms with Crippen molar-refractivity contribution < 1.29 is 27.1 Å². The third kappa shape index (κ3) is 4.82. The summed E-state index contributed by atoms with van der Waals surface area (Å²) in [5.41, 5.74) is 1.26. The van der Waals surface area contributed by atoms with Crippen molar-refractivity contribution in [3.63, 3.8) is 0 Å². The summed E-state index contributed by atoms with van der Waals surface area (Å²) >= 11 is 0. The van der Waals surface area contributed by atoms with Crippen LogP contribution in [0.5, 0.6) is 0 Å². The van der Waals surface area contributed by atoms with Crippen molar-refractivity contribution in [1.82, 2.24) is 10.3 Å². The highest BCUT2D eigenvalue weighted by molar-refractivity contribution is 7.91. The van der Waals surface area contributed by atoms with Crippen LogP contribution in [0.1, 0.15) is 6.92 Å². The lowest BCUT2D eigenvalue weighted by molar-refractivity contribution is -0.119. The van der Waals surface area contributed by atoms with Gasteiger partial charge in [0.15, 0.2) is 9.84 Å². The highest BCUT2D eigenvalue weighted by Crippen LogP contribution is 2.29. The maximum absolute atomic E-state index is 14.9. The van der Waals surface area contributed by atoms with E-state index >= 15 is 0 Å². The summed E-state index contributed by atoms with van der Waals surface area (Å²) in [5, 5.41) is 2.60. The highest BCUT2D eigenvalue weighted by Gasteiger charge is 2.32. The Kier molecular flexibility index (Phi) is 6.00. The summed E-state index contributed by atoms with van der Waals surface area (Å²) in [6.45, 7) is 2.54. The Balaban J connectivity index is 1.45. The summed E-state index contributed by atoms with van der Waals surface area (Å²) < 4.78 is 43.3. The van der Waals surface area contributed by atoms with Crippen LogP contribution in [-0.2, 0) is 19.4 Å². The Bertz CT molecular complexity index is 1130. The van der Waals surface area contributed by atoms with E-state index in [1.54, 1.807) is 30.5 Å². The van der Waals surface area contributed by atoms with E-state index in [0.29, 0.717) is 35.7 Å². The zero-order valence-electron chi connectivity index (χ0n) is 17.5. The molecule has 2 fully saturated rings. The van der Waals surface area contributed by atoms with Gasteiger partial charge in [0.25, 0.3) is 0 Å². The van der Waals surface area contributed by atoms with Crippen LogP contribution in [-0.4, -0.2) is 69.2 Å². The van der Waals surface area contributed by atoms with E-state index in [1.807, 2.05) is 4.90 Å². The van der Waals surface area contributed by atoms with Gasteiger partial charge in [-0.05, 0) is 30.3 Å². The van der Waals surface area contributed by atoms with Gasteiger partial charge in [-0.25, -0.2) is 22.6 Å². The van der Waals surface area contributed by atoms with Crippen molar-refractivity contribution in [3.05, 3.63) is 42.3 Å². The van der Waals surface area contributed by atoms with E-state index in [9.17, 15) is 22.4 Å². The van der Waals surface area contributed by atoms with Gasteiger partial charge in [0.05, 0.1) is 30.3 Å². The molecule has 2 aromatic rings. The van der Waals surface area contributed by atoms with Gasteiger partial charge in [-0.2, -0.15) is 0 Å². The predicted molar refractivity (Wildman–Crippen MR) is 117 cm³/mol. The van der Waals surface area contributed by atoms with Gasteiger partial charge in [0, 0.05) is 37.3 Å². The first-order valence-electron chi connectivity index (χ1n) is 10.2. The molecule has 1 aromatic carbocycles. The van der Waals surface area contributed by atoms with Crippen LogP contribution in [0.4, 0.5) is 20.7 Å². The lowest BCUT2D eigenvalue weighted by atomic mass is 10.1. The maximum Gasteiger partial charge on any atom is 0.414 e. The Morgan fingerprint density at radius 2 is 2.00 bits per heavy atom. The highest BCUT2D eigenvalue weighted by atomic mass is 32.2. The second-order valence-corrected chi connectivity index (χ2v) is 10.1. The molecule has 1 N–H and O–H groups in total. The molecule has 1 aromatic heterocycles. The number of nitrogens with zero attached hydrogens (tertiary/aromatic N) is 3. The van der Waals surface area contributed by atoms with Gasteiger partial charge in [0.2, 0.25) is 5.91 Å². The molecule has 11 heteroatoms. The summed E-state index contributed by atoms with van der Waals surface area (Å²) in [5.74, 6) is 0.0959. The number of rotatable bonds is 5. The molecule has 170 valence electrons. The Hall–Kier alpha value is -3.21. The number of carbonyl (C=O) groups is 2. The van der Waals surface area contributed by atoms with Crippen LogP contribution in [0.15, 0.2) is 36.5 Å². The average molecular weight is 463 g/mol. The molecule has 0 saturated carbocycles. The van der Waals surface area contributed by atoms with Crippen molar-refractivity contribution in [3.8, 4) is 11.1 Å². The fourth-order valence-electron chi connectivity index (χ4n) is 3.68. The van der Waals surface area contributed by atoms with Gasteiger partial charge in [0.1, 0.15) is 17.7 Å². The third-order valence-corrected chi connectivity index (χ3v) is 7.05. The zero-order chi connectivity index (χ0) is 22.9. The maximum atomic E-state index is 14.9. The molecule has 1 atom stereocenters. The Morgan fingerprint density at radius 3 is 2.62 bits per heavy atom. The molecule has 32 heavy (non-hydrogen) atoms. The van der Waals surface area contributed by atoms with Gasteiger partial charge in [-0.1, -0.05) is 0 Å². The van der Waals surface area contributed by atoms with Crippen molar-refractivity contribution in [2.24, 2.45) is 0 Å². The van der Waals surface area contributed by atoms with E-state index in [-0.39, 0.29) is 30.5 Å². The number of anilines is 2. The molecule has 2 aliphatic rings. The topological polar surface area (TPSA) is 109 Å². The number of ether oxygens (including phenoxy) is 1. The van der Waals surface area contributed by atoms with Crippen LogP contribution in [0, 0.1) is 5.82 Å². The Morgan fingerprint density at radius 1 is 1.25 bits per heavy atom. The molecule has 0 bridgehead atoms. The van der Waals surface area contributed by atoms with Crippen molar-refractivity contribution >= 4 is 33.3 Å². The first-order valence-corrected chi connectivity index (χ1v) is 12.0. The molecule has 0 radical (unpaired) electrons. The number of halogens is 1. The monoisotopic (exact) mass is 462 g/mol. The average Bonchev–Trinajstić information content (AvgIpc) is 3.13. The SMILES string of the molecule is CC(=O)NC[C@H]1CN(c2ccc(-c3ccc(N4CCS(=O)(=O)CC4)nc3)c(F)c2)C(=O)O1. The number of cyclic esters (lactones) is 1. The van der Waals surface area contributed by atoms with Gasteiger partial charge >= 0.3 is 6.09 Å². The fourth-order valence-corrected chi connectivity index (χ4v) is 4.88. The standard InChI is InChI=1S/C21H23FN4O5S/c1-14(27)23-12-17-13-26(21(28)31-17)16-3-4-18(19(22)10-16)15-2-5-20(24-11-15)25-6-8-32(29,30)9-7-25/h2-5,10-11,17H,6-9,12-13H2,1H3,(H,23,27)/t17-/m0/s1. The molecule has 4 rings (SSSR count). The molecular weight excluding hydrogens is 439 g/mol. The quantitative estimate of drug-likeness (QED) is 0.719. The van der Waals surface area contributed by atoms with Crippen molar-refractivity contribution in [2.75, 3.05) is 47.5 Å². The largest absolute Gasteiger partial charge is 0.442 e. The first kappa shape index (κ1) is 22.0. The van der Waals surface area contributed by atoms with Gasteiger partial charge in [-0.15, -0.1) is 0 Å². The minimum atomic E-state index is -2.98. The summed E-state index contributed by atoms with van der Waals surface area (Å²) in [6.07, 6.45) is 0.446. The normalized spacial score (nSPS) is 20.2. The predicted octanol–water partition coefficient (Wildman–Crippen LogP) is 1.58. The van der Waals surface area contributed by atoms with E-state index < -0.39 is 27.9 Å². The first-order chi connectivity index (χ1) is 15.2. The zero-order valence-corrected chi connectivity index (χ0v) is 18.3. The number of aromatic nitrogens is 1. The Labute approximate surface area is 185 Å². The van der Waals surface area contributed by atoms with Crippen LogP contribution in [0.3, 0.4) is 0 Å². The lowest BCUT2D eigenvalue weighted by Gasteiger charge is -2.27. The van der Waals surface area contributed by atoms with Crippen molar-refractivity contribution in [1.29, 1.82) is 0 Å². The molecule has 0 spiro atoms. The second kappa shape index (κ2) is 8.73. The summed E-state index contributed by atoms with van der Waals surface area (Å²) in [6, 6.07) is 7.94. The molecule has 2 aliphatic heterocycles. The molecule has 0 aliphatic carbocycles. The number of carbonyl (C=O) groups excluding carboxylic acids is 2. The van der Waals surface area contributed by atoms with Crippen LogP contribution in [0.2, 0.25) is 0 Å². The fraction of sp³-hybridized carbons (Fsp3) is 0.381. The van der Waals surface area contributed by atoms with E-state index in [0.717, 1.165) is 0 Å². The van der Waals surface area contributed by atoms with Crippen LogP contribution < -0.4 is 15.1 Å². The molecule has 2 saturated heterocycles. The summed E-state index contributed by atoms with van der Waals surface area (Å²) in [4.78, 5) is 30.8. The number of benzene rings is 1. The molecule has 2 amide bonds. The van der Waals surface area contributed by atoms with E-state index in [1.165, 1.54) is 17.9 Å². The minimum absolute atomic E-state index is 0.0944. The van der Waals surface area contributed by atoms with E-state index in [4.69, 9.17) is 4.74 Å². The van der Waals surface area contributed by atoms with Gasteiger partial charge < -0.3 is 15.0 Å².